The SMILES string of the molecule is COc1ccc(Nc2nc(C)cc(C(=O)NCCc3ccc(F)cc3)n2)cc1. The van der Waals surface area contributed by atoms with Gasteiger partial charge in [-0.15, -0.1) is 0 Å². The monoisotopic (exact) mass is 380 g/mol. The minimum absolute atomic E-state index is 0.277. The van der Waals surface area contributed by atoms with Crippen LogP contribution in [0.5, 0.6) is 5.75 Å². The van der Waals surface area contributed by atoms with Gasteiger partial charge >= 0.3 is 0 Å². The first-order valence-corrected chi connectivity index (χ1v) is 8.83. The predicted molar refractivity (Wildman–Crippen MR) is 105 cm³/mol. The molecule has 0 unspecified atom stereocenters. The molecule has 1 heterocycles. The summed E-state index contributed by atoms with van der Waals surface area (Å²) in [6, 6.07) is 15.2. The molecule has 0 radical (unpaired) electrons. The summed E-state index contributed by atoms with van der Waals surface area (Å²) >= 11 is 0. The molecule has 0 aliphatic heterocycles. The zero-order valence-corrected chi connectivity index (χ0v) is 15.7. The van der Waals surface area contributed by atoms with Crippen molar-refractivity contribution in [1.29, 1.82) is 0 Å². The lowest BCUT2D eigenvalue weighted by Crippen LogP contribution is -2.27. The summed E-state index contributed by atoms with van der Waals surface area (Å²) in [6.07, 6.45) is 0.604. The van der Waals surface area contributed by atoms with Crippen molar-refractivity contribution in [3.63, 3.8) is 0 Å². The third kappa shape index (κ3) is 5.26. The average Bonchev–Trinajstić information content (AvgIpc) is 2.69. The Morgan fingerprint density at radius 1 is 1.07 bits per heavy atom. The van der Waals surface area contributed by atoms with Crippen molar-refractivity contribution in [1.82, 2.24) is 15.3 Å². The quantitative estimate of drug-likeness (QED) is 0.654. The van der Waals surface area contributed by atoms with Gasteiger partial charge in [-0.1, -0.05) is 12.1 Å². The number of methoxy groups -OCH3 is 1. The van der Waals surface area contributed by atoms with E-state index in [1.54, 1.807) is 32.2 Å². The van der Waals surface area contributed by atoms with Gasteiger partial charge in [0, 0.05) is 17.9 Å². The van der Waals surface area contributed by atoms with Gasteiger partial charge in [-0.2, -0.15) is 0 Å². The second-order valence-electron chi connectivity index (χ2n) is 6.20. The van der Waals surface area contributed by atoms with E-state index in [-0.39, 0.29) is 17.4 Å². The molecule has 2 aromatic carbocycles. The maximum atomic E-state index is 12.9. The van der Waals surface area contributed by atoms with Crippen LogP contribution in [-0.2, 0) is 6.42 Å². The molecule has 0 saturated carbocycles. The number of carbonyl (C=O) groups excluding carboxylic acids is 1. The number of benzene rings is 2. The van der Waals surface area contributed by atoms with Gasteiger partial charge in [0.1, 0.15) is 17.3 Å². The summed E-state index contributed by atoms with van der Waals surface area (Å²) < 4.78 is 18.1. The van der Waals surface area contributed by atoms with E-state index in [1.165, 1.54) is 12.1 Å². The highest BCUT2D eigenvalue weighted by Gasteiger charge is 2.11. The van der Waals surface area contributed by atoms with Crippen molar-refractivity contribution in [2.75, 3.05) is 19.0 Å². The zero-order valence-electron chi connectivity index (χ0n) is 15.7. The number of aromatic nitrogens is 2. The first-order chi connectivity index (χ1) is 13.5. The molecule has 3 rings (SSSR count). The molecule has 0 atom stereocenters. The normalized spacial score (nSPS) is 10.4. The highest BCUT2D eigenvalue weighted by Crippen LogP contribution is 2.18. The van der Waals surface area contributed by atoms with Crippen molar-refractivity contribution >= 4 is 17.5 Å². The molecule has 0 aliphatic rings. The van der Waals surface area contributed by atoms with E-state index in [1.807, 2.05) is 24.3 Å². The lowest BCUT2D eigenvalue weighted by molar-refractivity contribution is 0.0949. The zero-order chi connectivity index (χ0) is 19.9. The standard InChI is InChI=1S/C21H21FN4O2/c1-14-13-19(20(27)23-12-11-15-3-5-16(22)6-4-15)26-21(24-14)25-17-7-9-18(28-2)10-8-17/h3-10,13H,11-12H2,1-2H3,(H,23,27)(H,24,25,26). The summed E-state index contributed by atoms with van der Waals surface area (Å²) in [5.74, 6) is 0.525. The van der Waals surface area contributed by atoms with Gasteiger partial charge in [0.2, 0.25) is 5.95 Å². The first kappa shape index (κ1) is 19.3. The fourth-order valence-electron chi connectivity index (χ4n) is 2.61. The molecule has 7 heteroatoms. The molecule has 3 aromatic rings. The molecule has 1 amide bonds. The number of aryl methyl sites for hydroxylation is 1. The lowest BCUT2D eigenvalue weighted by Gasteiger charge is -2.09. The van der Waals surface area contributed by atoms with Crippen molar-refractivity contribution in [3.8, 4) is 5.75 Å². The van der Waals surface area contributed by atoms with Gasteiger partial charge in [-0.25, -0.2) is 14.4 Å². The average molecular weight is 380 g/mol. The van der Waals surface area contributed by atoms with E-state index in [4.69, 9.17) is 4.74 Å². The Hall–Kier alpha value is -3.48. The number of nitrogens with one attached hydrogen (secondary N) is 2. The topological polar surface area (TPSA) is 76.1 Å². The van der Waals surface area contributed by atoms with Crippen LogP contribution >= 0.6 is 0 Å². The molecule has 6 nitrogen and oxygen atoms in total. The largest absolute Gasteiger partial charge is 0.497 e. The van der Waals surface area contributed by atoms with Crippen LogP contribution < -0.4 is 15.4 Å². The Balaban J connectivity index is 1.62. The van der Waals surface area contributed by atoms with Crippen LogP contribution in [-0.4, -0.2) is 29.5 Å². The fraction of sp³-hybridized carbons (Fsp3) is 0.190. The Morgan fingerprint density at radius 3 is 2.46 bits per heavy atom. The molecule has 28 heavy (non-hydrogen) atoms. The highest BCUT2D eigenvalue weighted by atomic mass is 19.1. The van der Waals surface area contributed by atoms with Crippen molar-refractivity contribution in [3.05, 3.63) is 77.4 Å². The second kappa shape index (κ2) is 8.94. The fourth-order valence-corrected chi connectivity index (χ4v) is 2.61. The van der Waals surface area contributed by atoms with Crippen LogP contribution in [0.2, 0.25) is 0 Å². The number of nitrogens with zero attached hydrogens (tertiary/aromatic N) is 2. The number of halogens is 1. The maximum Gasteiger partial charge on any atom is 0.270 e. The van der Waals surface area contributed by atoms with Gasteiger partial charge < -0.3 is 15.4 Å². The van der Waals surface area contributed by atoms with E-state index in [0.717, 1.165) is 17.0 Å². The lowest BCUT2D eigenvalue weighted by atomic mass is 10.1. The Labute approximate surface area is 162 Å². The minimum atomic E-state index is -0.287. The molecule has 0 spiro atoms. The van der Waals surface area contributed by atoms with Gasteiger partial charge in [-0.3, -0.25) is 4.79 Å². The van der Waals surface area contributed by atoms with E-state index >= 15 is 0 Å². The van der Waals surface area contributed by atoms with Crippen molar-refractivity contribution in [2.24, 2.45) is 0 Å². The molecule has 2 N–H and O–H groups in total. The Morgan fingerprint density at radius 2 is 1.79 bits per heavy atom. The molecule has 1 aromatic heterocycles. The number of anilines is 2. The van der Waals surface area contributed by atoms with Gasteiger partial charge in [-0.05, 0) is 61.4 Å². The molecular formula is C21H21FN4O2. The smallest absolute Gasteiger partial charge is 0.270 e. The molecule has 144 valence electrons. The summed E-state index contributed by atoms with van der Waals surface area (Å²) in [7, 11) is 1.60. The van der Waals surface area contributed by atoms with Crippen LogP contribution in [0, 0.1) is 12.7 Å². The number of hydrogen-bond acceptors (Lipinski definition) is 5. The Kier molecular flexibility index (Phi) is 6.16. The molecule has 0 bridgehead atoms. The van der Waals surface area contributed by atoms with Crippen LogP contribution in [0.4, 0.5) is 16.0 Å². The van der Waals surface area contributed by atoms with Gasteiger partial charge in [0.05, 0.1) is 7.11 Å². The Bertz CT molecular complexity index is 944. The van der Waals surface area contributed by atoms with Crippen molar-refractivity contribution in [2.45, 2.75) is 13.3 Å². The van der Waals surface area contributed by atoms with Crippen LogP contribution in [0.3, 0.4) is 0 Å². The third-order valence-electron chi connectivity index (χ3n) is 4.05. The number of amides is 1. The van der Waals surface area contributed by atoms with Gasteiger partial charge in [0.25, 0.3) is 5.91 Å². The number of rotatable bonds is 7. The van der Waals surface area contributed by atoms with Crippen LogP contribution in [0.15, 0.2) is 54.6 Å². The van der Waals surface area contributed by atoms with Crippen molar-refractivity contribution < 1.29 is 13.9 Å². The number of carbonyl (C=O) groups is 1. The van der Waals surface area contributed by atoms with E-state index in [9.17, 15) is 9.18 Å². The summed E-state index contributed by atoms with van der Waals surface area (Å²) in [4.78, 5) is 21.0. The first-order valence-electron chi connectivity index (χ1n) is 8.83. The molecular weight excluding hydrogens is 359 g/mol. The number of ether oxygens (including phenoxy) is 1. The number of hydrogen-bond donors (Lipinski definition) is 2. The second-order valence-corrected chi connectivity index (χ2v) is 6.20. The molecule has 0 fully saturated rings. The third-order valence-corrected chi connectivity index (χ3v) is 4.05. The predicted octanol–water partition coefficient (Wildman–Crippen LogP) is 3.65. The van der Waals surface area contributed by atoms with Crippen LogP contribution in [0.25, 0.3) is 0 Å². The molecule has 0 aliphatic carbocycles. The molecule has 0 saturated heterocycles. The van der Waals surface area contributed by atoms with E-state index < -0.39 is 0 Å². The highest BCUT2D eigenvalue weighted by molar-refractivity contribution is 5.92. The van der Waals surface area contributed by atoms with Gasteiger partial charge in [0.15, 0.2) is 0 Å². The summed E-state index contributed by atoms with van der Waals surface area (Å²) in [5.41, 5.74) is 2.69. The summed E-state index contributed by atoms with van der Waals surface area (Å²) in [5, 5.41) is 5.91. The van der Waals surface area contributed by atoms with E-state index in [0.29, 0.717) is 24.6 Å². The summed E-state index contributed by atoms with van der Waals surface area (Å²) in [6.45, 7) is 2.23. The van der Waals surface area contributed by atoms with Crippen LogP contribution in [0.1, 0.15) is 21.7 Å². The van der Waals surface area contributed by atoms with E-state index in [2.05, 4.69) is 20.6 Å². The maximum absolute atomic E-state index is 12.9. The minimum Gasteiger partial charge on any atom is -0.497 e.